The number of aliphatic hydroxyl groups excluding tert-OH is 1. The number of carboxylic acids is 1. The van der Waals surface area contributed by atoms with Crippen molar-refractivity contribution in [3.05, 3.63) is 34.9 Å². The minimum atomic E-state index is -0.837. The van der Waals surface area contributed by atoms with Gasteiger partial charge in [-0.1, -0.05) is 30.7 Å². The van der Waals surface area contributed by atoms with Crippen molar-refractivity contribution in [2.45, 2.75) is 45.8 Å². The molecule has 19 heavy (non-hydrogen) atoms. The zero-order valence-corrected chi connectivity index (χ0v) is 11.8. The lowest BCUT2D eigenvalue weighted by atomic mass is 9.94. The predicted molar refractivity (Wildman–Crippen MR) is 75.2 cm³/mol. The van der Waals surface area contributed by atoms with Gasteiger partial charge in [0.15, 0.2) is 0 Å². The average Bonchev–Trinajstić information content (AvgIpc) is 2.33. The molecule has 0 fully saturated rings. The molecule has 0 spiro atoms. The maximum Gasteiger partial charge on any atom is 0.303 e. The molecule has 0 saturated carbocycles. The van der Waals surface area contributed by atoms with Crippen LogP contribution in [0.1, 0.15) is 42.6 Å². The van der Waals surface area contributed by atoms with Gasteiger partial charge in [0.25, 0.3) is 0 Å². The van der Waals surface area contributed by atoms with Gasteiger partial charge < -0.3 is 15.5 Å². The molecule has 0 aromatic heterocycles. The third kappa shape index (κ3) is 4.65. The topological polar surface area (TPSA) is 69.6 Å². The van der Waals surface area contributed by atoms with Gasteiger partial charge in [0.1, 0.15) is 0 Å². The van der Waals surface area contributed by atoms with E-state index < -0.39 is 12.1 Å². The molecular formula is C15H23NO3. The van der Waals surface area contributed by atoms with E-state index in [4.69, 9.17) is 5.11 Å². The fourth-order valence-corrected chi connectivity index (χ4v) is 2.29. The Labute approximate surface area is 114 Å². The van der Waals surface area contributed by atoms with Gasteiger partial charge in [-0.15, -0.1) is 0 Å². The van der Waals surface area contributed by atoms with Crippen LogP contribution in [0.2, 0.25) is 0 Å². The summed E-state index contributed by atoms with van der Waals surface area (Å²) in [7, 11) is 0. The Bertz CT molecular complexity index is 431. The highest BCUT2D eigenvalue weighted by Crippen LogP contribution is 2.24. The Morgan fingerprint density at radius 3 is 2.58 bits per heavy atom. The van der Waals surface area contributed by atoms with Gasteiger partial charge in [-0.3, -0.25) is 4.79 Å². The highest BCUT2D eigenvalue weighted by molar-refractivity contribution is 5.66. The van der Waals surface area contributed by atoms with E-state index in [-0.39, 0.29) is 12.5 Å². The summed E-state index contributed by atoms with van der Waals surface area (Å²) in [5.41, 5.74) is 3.05. The lowest BCUT2D eigenvalue weighted by Gasteiger charge is -2.25. The standard InChI is InChI=1S/C15H23NO3/c1-4-16-13(7-8-14(17)18)15(19)12-6-5-10(2)9-11(12)3/h5-6,9,13,15-16,19H,4,7-8H2,1-3H3,(H,17,18). The van der Waals surface area contributed by atoms with Gasteiger partial charge in [0.05, 0.1) is 6.10 Å². The Balaban J connectivity index is 2.85. The SMILES string of the molecule is CCNC(CCC(=O)O)C(O)c1ccc(C)cc1C. The van der Waals surface area contributed by atoms with Crippen LogP contribution in [0.25, 0.3) is 0 Å². The Morgan fingerprint density at radius 2 is 2.05 bits per heavy atom. The first-order valence-electron chi connectivity index (χ1n) is 6.66. The number of aryl methyl sites for hydroxylation is 2. The van der Waals surface area contributed by atoms with Crippen LogP contribution in [0, 0.1) is 13.8 Å². The molecule has 1 aromatic carbocycles. The van der Waals surface area contributed by atoms with E-state index in [0.717, 1.165) is 16.7 Å². The smallest absolute Gasteiger partial charge is 0.303 e. The number of hydrogen-bond donors (Lipinski definition) is 3. The highest BCUT2D eigenvalue weighted by Gasteiger charge is 2.22. The van der Waals surface area contributed by atoms with E-state index in [0.29, 0.717) is 13.0 Å². The van der Waals surface area contributed by atoms with Crippen LogP contribution in [0.15, 0.2) is 18.2 Å². The van der Waals surface area contributed by atoms with Gasteiger partial charge in [0, 0.05) is 12.5 Å². The molecule has 0 bridgehead atoms. The third-order valence-corrected chi connectivity index (χ3v) is 3.26. The molecule has 4 nitrogen and oxygen atoms in total. The second kappa shape index (κ2) is 7.26. The summed E-state index contributed by atoms with van der Waals surface area (Å²) >= 11 is 0. The van der Waals surface area contributed by atoms with E-state index in [2.05, 4.69) is 5.32 Å². The molecule has 0 aliphatic rings. The van der Waals surface area contributed by atoms with E-state index in [1.54, 1.807) is 0 Å². The first kappa shape index (κ1) is 15.7. The van der Waals surface area contributed by atoms with Gasteiger partial charge in [-0.05, 0) is 37.9 Å². The largest absolute Gasteiger partial charge is 0.481 e. The van der Waals surface area contributed by atoms with Crippen molar-refractivity contribution in [2.24, 2.45) is 0 Å². The number of aliphatic hydroxyl groups is 1. The number of aliphatic carboxylic acids is 1. The van der Waals surface area contributed by atoms with E-state index >= 15 is 0 Å². The van der Waals surface area contributed by atoms with Crippen molar-refractivity contribution in [3.63, 3.8) is 0 Å². The number of hydrogen-bond acceptors (Lipinski definition) is 3. The Kier molecular flexibility index (Phi) is 5.99. The molecule has 0 heterocycles. The lowest BCUT2D eigenvalue weighted by Crippen LogP contribution is -2.35. The first-order chi connectivity index (χ1) is 8.95. The van der Waals surface area contributed by atoms with Crippen molar-refractivity contribution in [2.75, 3.05) is 6.54 Å². The molecule has 2 atom stereocenters. The van der Waals surface area contributed by atoms with Gasteiger partial charge >= 0.3 is 5.97 Å². The number of rotatable bonds is 7. The van der Waals surface area contributed by atoms with Gasteiger partial charge in [-0.25, -0.2) is 0 Å². The average molecular weight is 265 g/mol. The minimum Gasteiger partial charge on any atom is -0.481 e. The summed E-state index contributed by atoms with van der Waals surface area (Å²) in [6.45, 7) is 6.62. The van der Waals surface area contributed by atoms with Crippen LogP contribution in [0.5, 0.6) is 0 Å². The molecule has 0 amide bonds. The maximum atomic E-state index is 10.7. The number of nitrogens with one attached hydrogen (secondary N) is 1. The summed E-state index contributed by atoms with van der Waals surface area (Å²) in [5, 5.41) is 22.4. The molecule has 0 aliphatic heterocycles. The fraction of sp³-hybridized carbons (Fsp3) is 0.533. The summed E-state index contributed by atoms with van der Waals surface area (Å²) in [6, 6.07) is 5.67. The number of likely N-dealkylation sites (N-methyl/N-ethyl adjacent to an activating group) is 1. The normalized spacial score (nSPS) is 14.1. The van der Waals surface area contributed by atoms with Crippen LogP contribution < -0.4 is 5.32 Å². The summed E-state index contributed by atoms with van der Waals surface area (Å²) in [4.78, 5) is 10.7. The number of carboxylic acid groups (broad SMARTS) is 1. The van der Waals surface area contributed by atoms with Crippen LogP contribution in [0.4, 0.5) is 0 Å². The van der Waals surface area contributed by atoms with Crippen LogP contribution in [0.3, 0.4) is 0 Å². The first-order valence-corrected chi connectivity index (χ1v) is 6.66. The molecule has 4 heteroatoms. The van der Waals surface area contributed by atoms with Crippen molar-refractivity contribution < 1.29 is 15.0 Å². The Morgan fingerprint density at radius 1 is 1.37 bits per heavy atom. The van der Waals surface area contributed by atoms with Crippen molar-refractivity contribution in [3.8, 4) is 0 Å². The molecule has 1 aromatic rings. The van der Waals surface area contributed by atoms with Crippen LogP contribution in [-0.4, -0.2) is 28.8 Å². The summed E-state index contributed by atoms with van der Waals surface area (Å²) < 4.78 is 0. The number of carbonyl (C=O) groups is 1. The van der Waals surface area contributed by atoms with Gasteiger partial charge in [-0.2, -0.15) is 0 Å². The van der Waals surface area contributed by atoms with E-state index in [1.807, 2.05) is 39.0 Å². The van der Waals surface area contributed by atoms with Crippen LogP contribution in [-0.2, 0) is 4.79 Å². The molecule has 0 radical (unpaired) electrons. The van der Waals surface area contributed by atoms with E-state index in [1.165, 1.54) is 0 Å². The third-order valence-electron chi connectivity index (χ3n) is 3.26. The van der Waals surface area contributed by atoms with Crippen LogP contribution >= 0.6 is 0 Å². The quantitative estimate of drug-likeness (QED) is 0.706. The fourth-order valence-electron chi connectivity index (χ4n) is 2.29. The number of benzene rings is 1. The van der Waals surface area contributed by atoms with Crippen molar-refractivity contribution in [1.82, 2.24) is 5.32 Å². The minimum absolute atomic E-state index is 0.0552. The lowest BCUT2D eigenvalue weighted by molar-refractivity contribution is -0.137. The summed E-state index contributed by atoms with van der Waals surface area (Å²) in [5.74, 6) is -0.837. The van der Waals surface area contributed by atoms with Crippen molar-refractivity contribution in [1.29, 1.82) is 0 Å². The zero-order valence-electron chi connectivity index (χ0n) is 11.8. The molecule has 0 aliphatic carbocycles. The van der Waals surface area contributed by atoms with Crippen molar-refractivity contribution >= 4 is 5.97 Å². The molecule has 106 valence electrons. The maximum absolute atomic E-state index is 10.7. The molecule has 1 rings (SSSR count). The molecule has 3 N–H and O–H groups in total. The highest BCUT2D eigenvalue weighted by atomic mass is 16.4. The van der Waals surface area contributed by atoms with Gasteiger partial charge in [0.2, 0.25) is 0 Å². The van der Waals surface area contributed by atoms with E-state index in [9.17, 15) is 9.90 Å². The molecule has 0 saturated heterocycles. The molecular weight excluding hydrogens is 242 g/mol. The predicted octanol–water partition coefficient (Wildman–Crippen LogP) is 2.18. The Hall–Kier alpha value is -1.39. The zero-order chi connectivity index (χ0) is 14.4. The second-order valence-corrected chi connectivity index (χ2v) is 4.90. The molecule has 2 unspecified atom stereocenters. The monoisotopic (exact) mass is 265 g/mol. The second-order valence-electron chi connectivity index (χ2n) is 4.90. The summed E-state index contributed by atoms with van der Waals surface area (Å²) in [6.07, 6.45) is -0.211.